The van der Waals surface area contributed by atoms with Crippen LogP contribution in [0.25, 0.3) is 23.0 Å². The monoisotopic (exact) mass is 385 g/mol. The maximum atomic E-state index is 4.02. The molecule has 0 aliphatic carbocycles. The zero-order valence-electron chi connectivity index (χ0n) is 12.6. The van der Waals surface area contributed by atoms with E-state index in [9.17, 15) is 0 Å². The van der Waals surface area contributed by atoms with Crippen LogP contribution >= 0.6 is 0 Å². The Morgan fingerprint density at radius 1 is 0.640 bits per heavy atom. The molecule has 0 amide bonds. The van der Waals surface area contributed by atoms with Crippen molar-refractivity contribution in [2.24, 2.45) is 0 Å². The van der Waals surface area contributed by atoms with Crippen LogP contribution in [0.3, 0.4) is 0 Å². The quantitative estimate of drug-likeness (QED) is 0.273. The van der Waals surface area contributed by atoms with E-state index in [-0.39, 0.29) is 28.0 Å². The zero-order valence-corrected chi connectivity index (χ0v) is 13.8. The number of pyridine rings is 2. The van der Waals surface area contributed by atoms with E-state index in [1.807, 2.05) is 24.3 Å². The smallest absolute Gasteiger partial charge is 0.457 e. The van der Waals surface area contributed by atoms with Crippen molar-refractivity contribution in [3.63, 3.8) is 0 Å². The molecule has 6 N–H and O–H groups in total. The van der Waals surface area contributed by atoms with E-state index >= 15 is 0 Å². The number of hydrogen-bond acceptors (Lipinski definition) is 8. The van der Waals surface area contributed by atoms with Crippen molar-refractivity contribution in [1.82, 2.24) is 51.2 Å². The second-order valence-corrected chi connectivity index (χ2v) is 3.83. The molecule has 1 radical (unpaired) electrons. The third kappa shape index (κ3) is 6.12. The summed E-state index contributed by atoms with van der Waals surface area (Å²) in [7, 11) is 0. The van der Waals surface area contributed by atoms with Gasteiger partial charge in [-0.1, -0.05) is 12.1 Å². The van der Waals surface area contributed by atoms with E-state index in [2.05, 4.69) is 51.2 Å². The Morgan fingerprint density at radius 2 is 1.08 bits per heavy atom. The minimum atomic E-state index is 0. The first-order valence-electron chi connectivity index (χ1n) is 6.14. The SMILES string of the molecule is [Mn+2].[OH3+].[OH3+].c1ccc(-c2nn[n-]n2)nc1.c1ccc(-c2nn[n-]n2)nc1. The Kier molecular flexibility index (Phi) is 10.00. The molecule has 0 unspecified atom stereocenters. The van der Waals surface area contributed by atoms with E-state index in [0.29, 0.717) is 23.0 Å². The van der Waals surface area contributed by atoms with Gasteiger partial charge in [0.05, 0.1) is 23.0 Å². The molecule has 0 atom stereocenters. The van der Waals surface area contributed by atoms with Crippen molar-refractivity contribution in [2.75, 3.05) is 0 Å². The van der Waals surface area contributed by atoms with Gasteiger partial charge in [0.1, 0.15) is 0 Å². The molecule has 129 valence electrons. The van der Waals surface area contributed by atoms with Gasteiger partial charge in [0.2, 0.25) is 0 Å². The van der Waals surface area contributed by atoms with Gasteiger partial charge in [-0.2, -0.15) is 0 Å². The van der Waals surface area contributed by atoms with Gasteiger partial charge in [0.25, 0.3) is 0 Å². The van der Waals surface area contributed by atoms with Crippen LogP contribution in [0.5, 0.6) is 0 Å². The van der Waals surface area contributed by atoms with E-state index in [4.69, 9.17) is 0 Å². The molecule has 0 spiro atoms. The van der Waals surface area contributed by atoms with Crippen LogP contribution in [0.1, 0.15) is 0 Å². The number of nitrogens with zero attached hydrogens (tertiary/aromatic N) is 10. The van der Waals surface area contributed by atoms with Crippen molar-refractivity contribution < 1.29 is 28.0 Å². The molecular weight excluding hydrogens is 371 g/mol. The Balaban J connectivity index is 0.000000411. The Bertz CT molecular complexity index is 714. The molecule has 0 saturated heterocycles. The molecule has 0 aliphatic heterocycles. The Hall–Kier alpha value is -3.12. The molecule has 4 heterocycles. The van der Waals surface area contributed by atoms with Crippen LogP contribution in [0, 0.1) is 0 Å². The molecule has 0 aliphatic rings. The summed E-state index contributed by atoms with van der Waals surface area (Å²) in [5, 5.41) is 28.0. The van der Waals surface area contributed by atoms with E-state index in [1.54, 1.807) is 24.5 Å². The molecule has 0 bridgehead atoms. The maximum Gasteiger partial charge on any atom is 2.00 e. The van der Waals surface area contributed by atoms with Gasteiger partial charge in [0, 0.05) is 12.4 Å². The summed E-state index contributed by atoms with van der Waals surface area (Å²) in [5.74, 6) is 0.927. The fourth-order valence-electron chi connectivity index (χ4n) is 1.48. The van der Waals surface area contributed by atoms with Crippen LogP contribution in [0.15, 0.2) is 48.8 Å². The second kappa shape index (κ2) is 11.4. The summed E-state index contributed by atoms with van der Waals surface area (Å²) in [6.07, 6.45) is 3.34. The molecule has 0 aromatic carbocycles. The van der Waals surface area contributed by atoms with Crippen molar-refractivity contribution in [2.45, 2.75) is 0 Å². The largest absolute Gasteiger partial charge is 2.00 e. The van der Waals surface area contributed by atoms with Crippen LogP contribution in [0.2, 0.25) is 0 Å². The summed E-state index contributed by atoms with van der Waals surface area (Å²) < 4.78 is 0. The molecular formula is C12H14MnN10O2+2. The first kappa shape index (κ1) is 21.9. The minimum absolute atomic E-state index is 0. The summed E-state index contributed by atoms with van der Waals surface area (Å²) in [4.78, 5) is 8.03. The first-order chi connectivity index (χ1) is 10.9. The fraction of sp³-hybridized carbons (Fsp3) is 0. The average Bonchev–Trinajstić information content (AvgIpc) is 3.31. The normalized spacial score (nSPS) is 8.64. The molecule has 13 heteroatoms. The van der Waals surface area contributed by atoms with E-state index < -0.39 is 0 Å². The number of tetrazole rings is 2. The van der Waals surface area contributed by atoms with Crippen molar-refractivity contribution in [3.8, 4) is 23.0 Å². The Morgan fingerprint density at radius 3 is 1.36 bits per heavy atom. The predicted molar refractivity (Wildman–Crippen MR) is 82.5 cm³/mol. The first-order valence-corrected chi connectivity index (χ1v) is 6.14. The maximum absolute atomic E-state index is 4.02. The molecule has 25 heavy (non-hydrogen) atoms. The van der Waals surface area contributed by atoms with Crippen LogP contribution in [-0.4, -0.2) is 40.8 Å². The van der Waals surface area contributed by atoms with Gasteiger partial charge in [0.15, 0.2) is 0 Å². The molecule has 0 fully saturated rings. The summed E-state index contributed by atoms with van der Waals surface area (Å²) >= 11 is 0. The predicted octanol–water partition coefficient (Wildman–Crippen LogP) is -2.06. The summed E-state index contributed by atoms with van der Waals surface area (Å²) in [6.45, 7) is 0. The van der Waals surface area contributed by atoms with E-state index in [0.717, 1.165) is 0 Å². The molecule has 4 aromatic rings. The third-order valence-corrected chi connectivity index (χ3v) is 2.43. The molecule has 4 aromatic heterocycles. The summed E-state index contributed by atoms with van der Waals surface area (Å²) in [5.41, 5.74) is 1.38. The van der Waals surface area contributed by atoms with Gasteiger partial charge in [-0.25, -0.2) is 10.2 Å². The molecule has 0 saturated carbocycles. The topological polar surface area (TPSA) is 197 Å². The third-order valence-electron chi connectivity index (χ3n) is 2.43. The number of aromatic nitrogens is 10. The van der Waals surface area contributed by atoms with Gasteiger partial charge >= 0.3 is 17.1 Å². The summed E-state index contributed by atoms with van der Waals surface area (Å²) in [6, 6.07) is 11.0. The van der Waals surface area contributed by atoms with E-state index in [1.165, 1.54) is 0 Å². The van der Waals surface area contributed by atoms with Crippen LogP contribution < -0.4 is 10.4 Å². The van der Waals surface area contributed by atoms with Crippen molar-refractivity contribution >= 4 is 0 Å². The zero-order chi connectivity index (χ0) is 15.0. The van der Waals surface area contributed by atoms with Crippen LogP contribution in [0.4, 0.5) is 0 Å². The van der Waals surface area contributed by atoms with Gasteiger partial charge in [-0.15, -0.1) is 0 Å². The van der Waals surface area contributed by atoms with Gasteiger partial charge in [-0.3, -0.25) is 30.8 Å². The molecule has 4 rings (SSSR count). The number of rotatable bonds is 2. The Labute approximate surface area is 151 Å². The molecule has 12 nitrogen and oxygen atoms in total. The fourth-order valence-corrected chi connectivity index (χ4v) is 1.48. The average molecular weight is 385 g/mol. The van der Waals surface area contributed by atoms with Crippen molar-refractivity contribution in [3.05, 3.63) is 48.8 Å². The van der Waals surface area contributed by atoms with Gasteiger partial charge < -0.3 is 21.1 Å². The van der Waals surface area contributed by atoms with Crippen molar-refractivity contribution in [1.29, 1.82) is 0 Å². The number of hydrogen-bond donors (Lipinski definition) is 0. The van der Waals surface area contributed by atoms with Crippen LogP contribution in [-0.2, 0) is 28.0 Å². The minimum Gasteiger partial charge on any atom is -0.457 e. The second-order valence-electron chi connectivity index (χ2n) is 3.83. The standard InChI is InChI=1S/2C6H4N5.Mn.2H2O/c2*1-2-4-7-5(3-1)6-8-10-11-9-6;;;/h2*1-4H;;2*1H2/q2*-1;+2;;/p+2. The van der Waals surface area contributed by atoms with Gasteiger partial charge in [-0.05, 0) is 24.3 Å².